The lowest BCUT2D eigenvalue weighted by molar-refractivity contribution is 0.573. The molecule has 0 fully saturated rings. The van der Waals surface area contributed by atoms with Gasteiger partial charge in [0.25, 0.3) is 0 Å². The molecule has 7 heteroatoms. The van der Waals surface area contributed by atoms with Gasteiger partial charge in [0, 0.05) is 13.6 Å². The molecule has 0 atom stereocenters. The monoisotopic (exact) mass is 404 g/mol. The van der Waals surface area contributed by atoms with Gasteiger partial charge in [-0.15, -0.1) is 41.9 Å². The van der Waals surface area contributed by atoms with Crippen molar-refractivity contribution >= 4 is 41.3 Å². The molecule has 0 radical (unpaired) electrons. The van der Waals surface area contributed by atoms with Gasteiger partial charge in [0.15, 0.2) is 5.96 Å². The number of nitrogens with one attached hydrogen (secondary N) is 2. The minimum absolute atomic E-state index is 0. The van der Waals surface area contributed by atoms with Crippen molar-refractivity contribution in [2.24, 2.45) is 4.99 Å². The van der Waals surface area contributed by atoms with Crippen molar-refractivity contribution < 1.29 is 4.42 Å². The lowest BCUT2D eigenvalue weighted by atomic mass is 10.4. The number of rotatable bonds is 5. The molecule has 0 unspecified atom stereocenters. The van der Waals surface area contributed by atoms with Gasteiger partial charge in [0.2, 0.25) is 5.89 Å². The summed E-state index contributed by atoms with van der Waals surface area (Å²) in [4.78, 5) is 9.53. The van der Waals surface area contributed by atoms with Crippen LogP contribution in [0.15, 0.2) is 45.8 Å². The summed E-state index contributed by atoms with van der Waals surface area (Å²) in [5.74, 6) is 1.36. The van der Waals surface area contributed by atoms with E-state index in [1.165, 1.54) is 0 Å². The Balaban J connectivity index is 0.00000200. The highest BCUT2D eigenvalue weighted by molar-refractivity contribution is 14.0. The Morgan fingerprint density at radius 3 is 3.05 bits per heavy atom. The van der Waals surface area contributed by atoms with Crippen molar-refractivity contribution in [3.63, 3.8) is 0 Å². The Hall–Kier alpha value is -1.35. The molecule has 2 aromatic rings. The molecule has 0 spiro atoms. The van der Waals surface area contributed by atoms with Gasteiger partial charge in [-0.1, -0.05) is 12.1 Å². The molecule has 5 nitrogen and oxygen atoms in total. The number of nitrogens with zero attached hydrogens (tertiary/aromatic N) is 2. The molecule has 20 heavy (non-hydrogen) atoms. The van der Waals surface area contributed by atoms with Gasteiger partial charge in [-0.25, -0.2) is 4.98 Å². The van der Waals surface area contributed by atoms with Crippen molar-refractivity contribution in [1.82, 2.24) is 15.6 Å². The van der Waals surface area contributed by atoms with Crippen molar-refractivity contribution in [2.45, 2.75) is 6.54 Å². The van der Waals surface area contributed by atoms with Gasteiger partial charge >= 0.3 is 0 Å². The Morgan fingerprint density at radius 1 is 1.55 bits per heavy atom. The zero-order chi connectivity index (χ0) is 13.5. The summed E-state index contributed by atoms with van der Waals surface area (Å²) >= 11 is 1.61. The van der Waals surface area contributed by atoms with Crippen molar-refractivity contribution in [2.75, 3.05) is 13.6 Å². The predicted octanol–water partition coefficient (Wildman–Crippen LogP) is 2.87. The van der Waals surface area contributed by atoms with Crippen LogP contribution >= 0.6 is 35.3 Å². The first-order valence-corrected chi connectivity index (χ1v) is 6.75. The summed E-state index contributed by atoms with van der Waals surface area (Å²) in [6.07, 6.45) is 3.43. The van der Waals surface area contributed by atoms with Gasteiger partial charge in [-0.3, -0.25) is 4.99 Å². The molecule has 2 heterocycles. The van der Waals surface area contributed by atoms with E-state index in [0.717, 1.165) is 10.6 Å². The quantitative estimate of drug-likeness (QED) is 0.348. The van der Waals surface area contributed by atoms with Gasteiger partial charge in [-0.05, 0) is 11.4 Å². The first-order chi connectivity index (χ1) is 9.33. The maximum atomic E-state index is 5.44. The van der Waals surface area contributed by atoms with Crippen molar-refractivity contribution in [3.8, 4) is 10.8 Å². The molecular weight excluding hydrogens is 387 g/mol. The van der Waals surface area contributed by atoms with Crippen LogP contribution < -0.4 is 10.6 Å². The van der Waals surface area contributed by atoms with Crippen LogP contribution in [0, 0.1) is 0 Å². The van der Waals surface area contributed by atoms with Gasteiger partial charge in [0.1, 0.15) is 6.26 Å². The molecule has 0 bridgehead atoms. The molecular formula is C13H17IN4OS. The van der Waals surface area contributed by atoms with E-state index >= 15 is 0 Å². The van der Waals surface area contributed by atoms with Crippen LogP contribution in [0.1, 0.15) is 5.69 Å². The number of hydrogen-bond donors (Lipinski definition) is 2. The largest absolute Gasteiger partial charge is 0.443 e. The normalized spacial score (nSPS) is 10.8. The SMILES string of the molecule is C=CCNC(=NC)NCc1coc(-c2cccs2)n1.I. The van der Waals surface area contributed by atoms with Gasteiger partial charge < -0.3 is 15.1 Å². The average molecular weight is 404 g/mol. The van der Waals surface area contributed by atoms with Crippen LogP contribution in [0.3, 0.4) is 0 Å². The first kappa shape index (κ1) is 16.7. The van der Waals surface area contributed by atoms with Crippen LogP contribution in [0.25, 0.3) is 10.8 Å². The third kappa shape index (κ3) is 4.64. The van der Waals surface area contributed by atoms with E-state index in [4.69, 9.17) is 4.42 Å². The second kappa shape index (κ2) is 8.75. The minimum atomic E-state index is 0. The topological polar surface area (TPSA) is 62.5 Å². The molecule has 0 saturated heterocycles. The molecule has 0 saturated carbocycles. The van der Waals surface area contributed by atoms with Crippen LogP contribution in [0.4, 0.5) is 0 Å². The lowest BCUT2D eigenvalue weighted by Crippen LogP contribution is -2.36. The predicted molar refractivity (Wildman–Crippen MR) is 93.6 cm³/mol. The second-order valence-electron chi connectivity index (χ2n) is 3.72. The number of hydrogen-bond acceptors (Lipinski definition) is 4. The Labute approximate surface area is 139 Å². The number of halogens is 1. The van der Waals surface area contributed by atoms with Crippen molar-refractivity contribution in [3.05, 3.63) is 42.1 Å². The summed E-state index contributed by atoms with van der Waals surface area (Å²) in [5, 5.41) is 8.24. The second-order valence-corrected chi connectivity index (χ2v) is 4.66. The Morgan fingerprint density at radius 2 is 2.40 bits per heavy atom. The van der Waals surface area contributed by atoms with E-state index in [9.17, 15) is 0 Å². The minimum Gasteiger partial charge on any atom is -0.443 e. The lowest BCUT2D eigenvalue weighted by Gasteiger charge is -2.08. The summed E-state index contributed by atoms with van der Waals surface area (Å²) < 4.78 is 5.44. The molecule has 0 aliphatic rings. The van der Waals surface area contributed by atoms with Gasteiger partial charge in [0.05, 0.1) is 17.1 Å². The van der Waals surface area contributed by atoms with Crippen LogP contribution in [0.5, 0.6) is 0 Å². The maximum Gasteiger partial charge on any atom is 0.236 e. The molecule has 0 aliphatic carbocycles. The number of thiophene rings is 1. The number of oxazole rings is 1. The zero-order valence-corrected chi connectivity index (χ0v) is 14.3. The fourth-order valence-electron chi connectivity index (χ4n) is 1.47. The van der Waals surface area contributed by atoms with E-state index in [0.29, 0.717) is 24.9 Å². The Bertz CT molecular complexity index is 550. The smallest absolute Gasteiger partial charge is 0.236 e. The highest BCUT2D eigenvalue weighted by Crippen LogP contribution is 2.23. The van der Waals surface area contributed by atoms with E-state index < -0.39 is 0 Å². The zero-order valence-electron chi connectivity index (χ0n) is 11.1. The summed E-state index contributed by atoms with van der Waals surface area (Å²) in [6, 6.07) is 3.96. The number of aliphatic imine (C=N–C) groups is 1. The number of aromatic nitrogens is 1. The highest BCUT2D eigenvalue weighted by Gasteiger charge is 2.07. The fraction of sp³-hybridized carbons (Fsp3) is 0.231. The maximum absolute atomic E-state index is 5.44. The molecule has 0 aliphatic heterocycles. The Kier molecular flexibility index (Phi) is 7.31. The van der Waals surface area contributed by atoms with Gasteiger partial charge in [-0.2, -0.15) is 0 Å². The number of guanidine groups is 1. The first-order valence-electron chi connectivity index (χ1n) is 5.87. The molecule has 2 N–H and O–H groups in total. The van der Waals surface area contributed by atoms with Crippen LogP contribution in [0.2, 0.25) is 0 Å². The highest BCUT2D eigenvalue weighted by atomic mass is 127. The third-order valence-electron chi connectivity index (χ3n) is 2.36. The van der Waals surface area contributed by atoms with Crippen LogP contribution in [-0.2, 0) is 6.54 Å². The van der Waals surface area contributed by atoms with E-state index in [2.05, 4.69) is 27.2 Å². The van der Waals surface area contributed by atoms with Crippen LogP contribution in [-0.4, -0.2) is 24.5 Å². The molecule has 108 valence electrons. The van der Waals surface area contributed by atoms with E-state index in [1.807, 2.05) is 17.5 Å². The summed E-state index contributed by atoms with van der Waals surface area (Å²) in [5.41, 5.74) is 0.838. The third-order valence-corrected chi connectivity index (χ3v) is 3.22. The standard InChI is InChI=1S/C13H16N4OS.HI/c1-3-6-15-13(14-2)16-8-10-9-18-12(17-10)11-5-4-7-19-11;/h3-5,7,9H,1,6,8H2,2H3,(H2,14,15,16);1H. The molecule has 2 rings (SSSR count). The van der Waals surface area contributed by atoms with E-state index in [1.54, 1.807) is 30.7 Å². The summed E-state index contributed by atoms with van der Waals surface area (Å²) in [6.45, 7) is 4.87. The summed E-state index contributed by atoms with van der Waals surface area (Å²) in [7, 11) is 1.72. The van der Waals surface area contributed by atoms with Crippen molar-refractivity contribution in [1.29, 1.82) is 0 Å². The molecule has 0 amide bonds. The molecule has 0 aromatic carbocycles. The average Bonchev–Trinajstić information content (AvgIpc) is 3.09. The molecule has 2 aromatic heterocycles. The van der Waals surface area contributed by atoms with E-state index in [-0.39, 0.29) is 24.0 Å². The fourth-order valence-corrected chi connectivity index (χ4v) is 2.12.